The van der Waals surface area contributed by atoms with Crippen LogP contribution in [0.4, 0.5) is 18.9 Å². The summed E-state index contributed by atoms with van der Waals surface area (Å²) in [5.41, 5.74) is -0.161. The van der Waals surface area contributed by atoms with Crippen LogP contribution in [0.3, 0.4) is 0 Å². The Kier molecular flexibility index (Phi) is 7.81. The van der Waals surface area contributed by atoms with E-state index in [-0.39, 0.29) is 44.2 Å². The van der Waals surface area contributed by atoms with Crippen molar-refractivity contribution in [2.24, 2.45) is 17.8 Å². The molecule has 2 aromatic rings. The summed E-state index contributed by atoms with van der Waals surface area (Å²) in [7, 11) is 0. The number of carbonyl (C=O) groups is 1. The van der Waals surface area contributed by atoms with Crippen LogP contribution in [0.25, 0.3) is 0 Å². The zero-order valence-electron chi connectivity index (χ0n) is 17.9. The Labute approximate surface area is 193 Å². The van der Waals surface area contributed by atoms with Crippen molar-refractivity contribution in [2.75, 3.05) is 5.32 Å². The third kappa shape index (κ3) is 5.25. The van der Waals surface area contributed by atoms with E-state index in [2.05, 4.69) is 5.32 Å². The Balaban J connectivity index is 1.83. The number of carbonyl (C=O) groups excluding carboxylic acids is 1. The molecule has 174 valence electrons. The molecule has 1 aliphatic rings. The Morgan fingerprint density at radius 1 is 1.19 bits per heavy atom. The molecule has 1 aliphatic carbocycles. The predicted octanol–water partition coefficient (Wildman–Crippen LogP) is 5.55. The normalized spacial score (nSPS) is 24.4. The van der Waals surface area contributed by atoms with Gasteiger partial charge in [0, 0.05) is 42.3 Å². The van der Waals surface area contributed by atoms with Crippen molar-refractivity contribution in [3.8, 4) is 0 Å². The highest BCUT2D eigenvalue weighted by Crippen LogP contribution is 2.40. The second-order valence-corrected chi connectivity index (χ2v) is 10.7. The molecule has 0 radical (unpaired) electrons. The second-order valence-electron chi connectivity index (χ2n) is 8.62. The van der Waals surface area contributed by atoms with Crippen molar-refractivity contribution >= 4 is 34.4 Å². The van der Waals surface area contributed by atoms with E-state index in [0.717, 1.165) is 0 Å². The van der Waals surface area contributed by atoms with Crippen LogP contribution in [0.2, 0.25) is 5.02 Å². The molecule has 5 atom stereocenters. The highest BCUT2D eigenvalue weighted by atomic mass is 35.5. The molecule has 2 aromatic carbocycles. The van der Waals surface area contributed by atoms with Gasteiger partial charge in [-0.05, 0) is 41.1 Å². The van der Waals surface area contributed by atoms with Gasteiger partial charge in [-0.3, -0.25) is 4.79 Å². The maximum absolute atomic E-state index is 13.4. The summed E-state index contributed by atoms with van der Waals surface area (Å²) < 4.78 is 53.4. The number of anilines is 1. The van der Waals surface area contributed by atoms with Crippen molar-refractivity contribution in [1.29, 1.82) is 0 Å². The Morgan fingerprint density at radius 3 is 2.41 bits per heavy atom. The van der Waals surface area contributed by atoms with Crippen molar-refractivity contribution in [3.05, 3.63) is 58.4 Å². The highest BCUT2D eigenvalue weighted by molar-refractivity contribution is 7.92. The Bertz CT molecular complexity index is 983. The molecule has 0 aromatic heterocycles. The molecule has 9 heteroatoms. The van der Waals surface area contributed by atoms with Crippen LogP contribution in [0.1, 0.15) is 44.0 Å². The average molecular weight is 488 g/mol. The van der Waals surface area contributed by atoms with E-state index in [9.17, 15) is 27.6 Å². The minimum atomic E-state index is -1.63. The number of halogens is 4. The van der Waals surface area contributed by atoms with Crippen molar-refractivity contribution in [3.63, 3.8) is 0 Å². The van der Waals surface area contributed by atoms with Gasteiger partial charge >= 0.3 is 0 Å². The van der Waals surface area contributed by atoms with Crippen LogP contribution in [0.15, 0.2) is 35.2 Å². The van der Waals surface area contributed by atoms with Gasteiger partial charge in [-0.25, -0.2) is 13.2 Å². The minimum absolute atomic E-state index is 0.00113. The van der Waals surface area contributed by atoms with Crippen LogP contribution < -0.4 is 5.32 Å². The molecule has 0 heterocycles. The van der Waals surface area contributed by atoms with Crippen LogP contribution in [0, 0.1) is 35.2 Å². The summed E-state index contributed by atoms with van der Waals surface area (Å²) in [6, 6.07) is 5.58. The second kappa shape index (κ2) is 10.0. The lowest BCUT2D eigenvalue weighted by Crippen LogP contribution is -2.43. The molecule has 3 rings (SSSR count). The van der Waals surface area contributed by atoms with E-state index in [1.807, 2.05) is 20.8 Å². The van der Waals surface area contributed by atoms with E-state index in [0.29, 0.717) is 25.0 Å². The fourth-order valence-electron chi connectivity index (χ4n) is 4.17. The van der Waals surface area contributed by atoms with Gasteiger partial charge in [0.05, 0.1) is 11.1 Å². The van der Waals surface area contributed by atoms with Crippen molar-refractivity contribution in [1.82, 2.24) is 0 Å². The van der Waals surface area contributed by atoms with Gasteiger partial charge in [-0.15, -0.1) is 0 Å². The molecule has 32 heavy (non-hydrogen) atoms. The number of hydrogen-bond donors (Lipinski definition) is 2. The first-order chi connectivity index (χ1) is 15.0. The summed E-state index contributed by atoms with van der Waals surface area (Å²) in [4.78, 5) is 12.9. The molecule has 5 unspecified atom stereocenters. The van der Waals surface area contributed by atoms with E-state index in [1.165, 1.54) is 18.2 Å². The highest BCUT2D eigenvalue weighted by Gasteiger charge is 2.42. The molecular formula is C23H25ClF3NO3S. The van der Waals surface area contributed by atoms with Crippen LogP contribution in [-0.2, 0) is 11.2 Å². The van der Waals surface area contributed by atoms with Gasteiger partial charge in [0.1, 0.15) is 5.25 Å². The lowest BCUT2D eigenvalue weighted by molar-refractivity contribution is 0.00617. The third-order valence-corrected chi connectivity index (χ3v) is 8.21. The van der Waals surface area contributed by atoms with E-state index in [1.54, 1.807) is 0 Å². The smallest absolute Gasteiger partial charge is 0.255 e. The quantitative estimate of drug-likeness (QED) is 0.429. The number of aliphatic hydroxyl groups excluding tert-OH is 1. The minimum Gasteiger partial charge on any atom is -0.611 e. The molecule has 0 aliphatic heterocycles. The van der Waals surface area contributed by atoms with Crippen molar-refractivity contribution < 1.29 is 27.6 Å². The molecule has 1 amide bonds. The van der Waals surface area contributed by atoms with Crippen LogP contribution in [0.5, 0.6) is 0 Å². The van der Waals surface area contributed by atoms with Gasteiger partial charge in [0.2, 0.25) is 0 Å². The first-order valence-corrected chi connectivity index (χ1v) is 11.9. The lowest BCUT2D eigenvalue weighted by Gasteiger charge is -2.39. The summed E-state index contributed by atoms with van der Waals surface area (Å²) >= 11 is 4.75. The van der Waals surface area contributed by atoms with E-state index >= 15 is 0 Å². The Morgan fingerprint density at radius 2 is 1.81 bits per heavy atom. The van der Waals surface area contributed by atoms with Crippen LogP contribution in [-0.4, -0.2) is 26.9 Å². The van der Waals surface area contributed by atoms with E-state index < -0.39 is 40.6 Å². The molecule has 1 fully saturated rings. The topological polar surface area (TPSA) is 72.4 Å². The van der Waals surface area contributed by atoms with E-state index in [4.69, 9.17) is 11.6 Å². The summed E-state index contributed by atoms with van der Waals surface area (Å²) in [6.45, 7) is 5.96. The molecule has 0 saturated heterocycles. The van der Waals surface area contributed by atoms with Crippen molar-refractivity contribution in [2.45, 2.75) is 49.9 Å². The zero-order chi connectivity index (χ0) is 23.7. The lowest BCUT2D eigenvalue weighted by atomic mass is 9.74. The molecule has 1 saturated carbocycles. The summed E-state index contributed by atoms with van der Waals surface area (Å²) in [5.74, 6) is -4.99. The first kappa shape index (κ1) is 24.9. The standard InChI is InChI=1S/C23H25ClF3NO3S/c1-11(2)16-10-15(6-12(3)22(16)29)32(31)20-7-13(4-5-17(20)24)23(30)28-14-8-18(25)21(27)19(26)9-14/h4-5,7-9,11-12,15-16,22,29H,6,10H2,1-3H3,(H,28,30). The van der Waals surface area contributed by atoms with Gasteiger partial charge in [-0.2, -0.15) is 0 Å². The predicted molar refractivity (Wildman–Crippen MR) is 119 cm³/mol. The fraction of sp³-hybridized carbons (Fsp3) is 0.435. The third-order valence-electron chi connectivity index (χ3n) is 6.00. The number of nitrogens with one attached hydrogen (secondary N) is 1. The number of aliphatic hydroxyl groups is 1. The SMILES string of the molecule is CC(C)C1CC([S+]([O-])c2cc(C(=O)Nc3cc(F)c(F)c(F)c3)ccc2Cl)CC(C)C1O. The Hall–Kier alpha value is -1.74. The van der Waals surface area contributed by atoms with Gasteiger partial charge in [0.15, 0.2) is 22.3 Å². The zero-order valence-corrected chi connectivity index (χ0v) is 19.4. The largest absolute Gasteiger partial charge is 0.611 e. The summed E-state index contributed by atoms with van der Waals surface area (Å²) in [5, 5.41) is 12.8. The molecule has 0 spiro atoms. The number of amides is 1. The fourth-order valence-corrected chi connectivity index (χ4v) is 6.25. The number of rotatable bonds is 5. The maximum atomic E-state index is 13.4. The number of benzene rings is 2. The van der Waals surface area contributed by atoms with Crippen LogP contribution >= 0.6 is 11.6 Å². The number of hydrogen-bond acceptors (Lipinski definition) is 3. The summed E-state index contributed by atoms with van der Waals surface area (Å²) in [6.07, 6.45) is 0.654. The maximum Gasteiger partial charge on any atom is 0.255 e. The average Bonchev–Trinajstić information content (AvgIpc) is 2.73. The molecule has 4 nitrogen and oxygen atoms in total. The molecule has 2 N–H and O–H groups in total. The molecule has 0 bridgehead atoms. The van der Waals surface area contributed by atoms with Gasteiger partial charge < -0.3 is 15.0 Å². The monoisotopic (exact) mass is 487 g/mol. The van der Waals surface area contributed by atoms with Gasteiger partial charge in [-0.1, -0.05) is 32.4 Å². The van der Waals surface area contributed by atoms with Gasteiger partial charge in [0.25, 0.3) is 5.91 Å². The molecular weight excluding hydrogens is 463 g/mol. The first-order valence-electron chi connectivity index (χ1n) is 10.3.